The molecule has 2 rings (SSSR count). The number of hydrogen-bond donors (Lipinski definition) is 1. The summed E-state index contributed by atoms with van der Waals surface area (Å²) in [6, 6.07) is 3.44. The van der Waals surface area contributed by atoms with Crippen LogP contribution in [0.25, 0.3) is 0 Å². The van der Waals surface area contributed by atoms with E-state index in [1.54, 1.807) is 0 Å². The first-order chi connectivity index (χ1) is 8.65. The van der Waals surface area contributed by atoms with Gasteiger partial charge < -0.3 is 15.4 Å². The SMILES string of the molecule is NC(=O)C1COCCN1c1c(F)cccc1C=O. The summed E-state index contributed by atoms with van der Waals surface area (Å²) in [5.74, 6) is -1.15. The molecule has 5 nitrogen and oxygen atoms in total. The maximum absolute atomic E-state index is 13.9. The minimum atomic E-state index is -0.755. The van der Waals surface area contributed by atoms with Gasteiger partial charge in [-0.05, 0) is 12.1 Å². The van der Waals surface area contributed by atoms with Crippen LogP contribution in [-0.2, 0) is 9.53 Å². The number of nitrogens with two attached hydrogens (primary N) is 1. The quantitative estimate of drug-likeness (QED) is 0.787. The number of amides is 1. The van der Waals surface area contributed by atoms with E-state index < -0.39 is 17.8 Å². The number of hydrogen-bond acceptors (Lipinski definition) is 4. The van der Waals surface area contributed by atoms with E-state index in [0.717, 1.165) is 0 Å². The van der Waals surface area contributed by atoms with Crippen molar-refractivity contribution >= 4 is 17.9 Å². The molecule has 0 saturated carbocycles. The van der Waals surface area contributed by atoms with E-state index in [4.69, 9.17) is 10.5 Å². The van der Waals surface area contributed by atoms with Gasteiger partial charge in [0.1, 0.15) is 11.9 Å². The van der Waals surface area contributed by atoms with Gasteiger partial charge in [-0.2, -0.15) is 0 Å². The van der Waals surface area contributed by atoms with Gasteiger partial charge in [-0.25, -0.2) is 4.39 Å². The lowest BCUT2D eigenvalue weighted by Crippen LogP contribution is -2.53. The normalized spacial score (nSPS) is 19.6. The molecule has 0 aliphatic carbocycles. The Bertz CT molecular complexity index is 478. The van der Waals surface area contributed by atoms with Crippen molar-refractivity contribution in [1.82, 2.24) is 0 Å². The van der Waals surface area contributed by atoms with Crippen LogP contribution < -0.4 is 10.6 Å². The number of carbonyl (C=O) groups is 2. The van der Waals surface area contributed by atoms with Crippen molar-refractivity contribution in [2.45, 2.75) is 6.04 Å². The Hall–Kier alpha value is -1.95. The molecule has 1 amide bonds. The van der Waals surface area contributed by atoms with Crippen LogP contribution in [0.1, 0.15) is 10.4 Å². The third-order valence-corrected chi connectivity index (χ3v) is 2.89. The summed E-state index contributed by atoms with van der Waals surface area (Å²) in [6.45, 7) is 0.772. The minimum Gasteiger partial charge on any atom is -0.377 e. The monoisotopic (exact) mass is 252 g/mol. The maximum atomic E-state index is 13.9. The van der Waals surface area contributed by atoms with Crippen molar-refractivity contribution in [3.8, 4) is 0 Å². The summed E-state index contributed by atoms with van der Waals surface area (Å²) < 4.78 is 19.0. The number of halogens is 1. The summed E-state index contributed by atoms with van der Waals surface area (Å²) in [7, 11) is 0. The van der Waals surface area contributed by atoms with Crippen molar-refractivity contribution in [3.63, 3.8) is 0 Å². The van der Waals surface area contributed by atoms with E-state index in [1.807, 2.05) is 0 Å². The smallest absolute Gasteiger partial charge is 0.242 e. The number of nitrogens with zero attached hydrogens (tertiary/aromatic N) is 1. The van der Waals surface area contributed by atoms with Gasteiger partial charge in [-0.15, -0.1) is 0 Å². The molecule has 1 unspecified atom stereocenters. The molecule has 0 bridgehead atoms. The molecule has 1 aromatic rings. The third-order valence-electron chi connectivity index (χ3n) is 2.89. The van der Waals surface area contributed by atoms with E-state index in [-0.39, 0.29) is 17.9 Å². The second-order valence-electron chi connectivity index (χ2n) is 3.98. The van der Waals surface area contributed by atoms with Crippen LogP contribution >= 0.6 is 0 Å². The Morgan fingerprint density at radius 3 is 3.00 bits per heavy atom. The molecule has 1 atom stereocenters. The van der Waals surface area contributed by atoms with E-state index in [1.165, 1.54) is 23.1 Å². The Morgan fingerprint density at radius 1 is 1.56 bits per heavy atom. The van der Waals surface area contributed by atoms with Crippen LogP contribution in [-0.4, -0.2) is 38.0 Å². The molecule has 6 heteroatoms. The summed E-state index contributed by atoms with van der Waals surface area (Å²) in [5, 5.41) is 0. The fraction of sp³-hybridized carbons (Fsp3) is 0.333. The maximum Gasteiger partial charge on any atom is 0.242 e. The second kappa shape index (κ2) is 5.14. The summed E-state index contributed by atoms with van der Waals surface area (Å²) in [5.41, 5.74) is 5.57. The topological polar surface area (TPSA) is 72.6 Å². The van der Waals surface area contributed by atoms with Crippen LogP contribution in [0.5, 0.6) is 0 Å². The lowest BCUT2D eigenvalue weighted by atomic mass is 10.1. The zero-order valence-corrected chi connectivity index (χ0v) is 9.64. The molecule has 96 valence electrons. The van der Waals surface area contributed by atoms with Crippen molar-refractivity contribution in [2.24, 2.45) is 5.73 Å². The number of primary amides is 1. The van der Waals surface area contributed by atoms with Gasteiger partial charge >= 0.3 is 0 Å². The highest BCUT2D eigenvalue weighted by molar-refractivity contribution is 5.89. The number of carbonyl (C=O) groups excluding carboxylic acids is 2. The number of rotatable bonds is 3. The van der Waals surface area contributed by atoms with E-state index in [2.05, 4.69) is 0 Å². The van der Waals surface area contributed by atoms with Crippen LogP contribution in [0.15, 0.2) is 18.2 Å². The molecule has 1 heterocycles. The number of morpholine rings is 1. The van der Waals surface area contributed by atoms with Crippen molar-refractivity contribution in [1.29, 1.82) is 0 Å². The van der Waals surface area contributed by atoms with Gasteiger partial charge in [-0.1, -0.05) is 6.07 Å². The van der Waals surface area contributed by atoms with E-state index >= 15 is 0 Å². The molecule has 1 aromatic carbocycles. The largest absolute Gasteiger partial charge is 0.377 e. The van der Waals surface area contributed by atoms with Crippen molar-refractivity contribution < 1.29 is 18.7 Å². The van der Waals surface area contributed by atoms with E-state index in [9.17, 15) is 14.0 Å². The Morgan fingerprint density at radius 2 is 2.33 bits per heavy atom. The molecule has 1 aliphatic rings. The van der Waals surface area contributed by atoms with Gasteiger partial charge in [0.15, 0.2) is 6.29 Å². The lowest BCUT2D eigenvalue weighted by molar-refractivity contribution is -0.121. The zero-order valence-electron chi connectivity index (χ0n) is 9.64. The predicted molar refractivity (Wildman–Crippen MR) is 62.9 cm³/mol. The number of anilines is 1. The van der Waals surface area contributed by atoms with Gasteiger partial charge in [0.25, 0.3) is 0 Å². The Balaban J connectivity index is 2.45. The van der Waals surface area contributed by atoms with Crippen LogP contribution in [0.2, 0.25) is 0 Å². The molecule has 18 heavy (non-hydrogen) atoms. The first-order valence-electron chi connectivity index (χ1n) is 5.52. The molecule has 0 radical (unpaired) electrons. The van der Waals surface area contributed by atoms with Crippen molar-refractivity contribution in [3.05, 3.63) is 29.6 Å². The number of benzene rings is 1. The number of aldehydes is 1. The standard InChI is InChI=1S/C12H13FN2O3/c13-9-3-1-2-8(6-16)11(9)15-4-5-18-7-10(15)12(14)17/h1-3,6,10H,4-5,7H2,(H2,14,17). The van der Waals surface area contributed by atoms with Gasteiger partial charge in [0.05, 0.1) is 18.9 Å². The average molecular weight is 252 g/mol. The molecule has 0 aromatic heterocycles. The second-order valence-corrected chi connectivity index (χ2v) is 3.98. The molecular weight excluding hydrogens is 239 g/mol. The first-order valence-corrected chi connectivity index (χ1v) is 5.52. The summed E-state index contributed by atoms with van der Waals surface area (Å²) in [4.78, 5) is 23.8. The molecule has 1 aliphatic heterocycles. The molecule has 0 spiro atoms. The number of ether oxygens (including phenoxy) is 1. The highest BCUT2D eigenvalue weighted by Gasteiger charge is 2.30. The highest BCUT2D eigenvalue weighted by Crippen LogP contribution is 2.26. The molecule has 2 N–H and O–H groups in total. The zero-order chi connectivity index (χ0) is 13.1. The molecule has 1 saturated heterocycles. The average Bonchev–Trinajstić information content (AvgIpc) is 2.38. The molecular formula is C12H13FN2O3. The van der Waals surface area contributed by atoms with Gasteiger partial charge in [0, 0.05) is 12.1 Å². The van der Waals surface area contributed by atoms with Crippen LogP contribution in [0.4, 0.5) is 10.1 Å². The Labute approximate surface area is 103 Å². The molecule has 1 fully saturated rings. The fourth-order valence-corrected chi connectivity index (χ4v) is 2.04. The van der Waals surface area contributed by atoms with Crippen LogP contribution in [0, 0.1) is 5.82 Å². The summed E-state index contributed by atoms with van der Waals surface area (Å²) >= 11 is 0. The van der Waals surface area contributed by atoms with Gasteiger partial charge in [-0.3, -0.25) is 9.59 Å². The van der Waals surface area contributed by atoms with E-state index in [0.29, 0.717) is 19.4 Å². The fourth-order valence-electron chi connectivity index (χ4n) is 2.04. The van der Waals surface area contributed by atoms with Crippen molar-refractivity contribution in [2.75, 3.05) is 24.7 Å². The first kappa shape index (κ1) is 12.5. The van der Waals surface area contributed by atoms with Gasteiger partial charge in [0.2, 0.25) is 5.91 Å². The predicted octanol–water partition coefficient (Wildman–Crippen LogP) is 0.329. The Kier molecular flexibility index (Phi) is 3.57. The highest BCUT2D eigenvalue weighted by atomic mass is 19.1. The van der Waals surface area contributed by atoms with Crippen LogP contribution in [0.3, 0.4) is 0 Å². The lowest BCUT2D eigenvalue weighted by Gasteiger charge is -2.36. The number of para-hydroxylation sites is 1. The summed E-state index contributed by atoms with van der Waals surface area (Å²) in [6.07, 6.45) is 0.561. The minimum absolute atomic E-state index is 0.0992. The third kappa shape index (κ3) is 2.19.